The molecule has 2 aromatic rings. The molecule has 1 aliphatic heterocycles. The van der Waals surface area contributed by atoms with Crippen molar-refractivity contribution in [3.05, 3.63) is 41.3 Å². The van der Waals surface area contributed by atoms with Gasteiger partial charge in [0.05, 0.1) is 11.5 Å². The number of anilines is 3. The minimum absolute atomic E-state index is 0.0123. The first kappa shape index (κ1) is 30.5. The summed E-state index contributed by atoms with van der Waals surface area (Å²) in [6.07, 6.45) is -0.748. The monoisotopic (exact) mass is 579 g/mol. The Labute approximate surface area is 237 Å². The standard InChI is InChI=1S/C28H37F4N7O2/c1-16(2)34-25(40)20-6-5-7-23(20)36-24-21(28(30,31)32)15-33-27(37-24)35-17-8-9-19(22(29)14-17)26(41)39(4)18-10-12-38(3)13-11-18/h8-9,14-16,18,20,23H,5-7,10-13H2,1-4H3,(H,34,40)(H2,33,35,36,37)/t20-,23+/m0/s1. The van der Waals surface area contributed by atoms with Gasteiger partial charge < -0.3 is 25.8 Å². The van der Waals surface area contributed by atoms with Gasteiger partial charge in [0.25, 0.3) is 5.91 Å². The summed E-state index contributed by atoms with van der Waals surface area (Å²) in [6.45, 7) is 5.34. The Balaban J connectivity index is 1.51. The van der Waals surface area contributed by atoms with E-state index in [1.54, 1.807) is 11.9 Å². The zero-order valence-electron chi connectivity index (χ0n) is 23.7. The number of amides is 2. The lowest BCUT2D eigenvalue weighted by atomic mass is 10.0. The summed E-state index contributed by atoms with van der Waals surface area (Å²) in [5.41, 5.74) is -0.997. The number of aromatic nitrogens is 2. The van der Waals surface area contributed by atoms with Crippen LogP contribution < -0.4 is 16.0 Å². The highest BCUT2D eigenvalue weighted by Crippen LogP contribution is 2.37. The lowest BCUT2D eigenvalue weighted by molar-refractivity contribution is -0.137. The molecule has 13 heteroatoms. The molecule has 0 bridgehead atoms. The van der Waals surface area contributed by atoms with Gasteiger partial charge in [-0.25, -0.2) is 9.37 Å². The van der Waals surface area contributed by atoms with Gasteiger partial charge >= 0.3 is 6.18 Å². The predicted octanol–water partition coefficient (Wildman–Crippen LogP) is 4.65. The molecular weight excluding hydrogens is 542 g/mol. The van der Waals surface area contributed by atoms with E-state index in [2.05, 4.69) is 30.8 Å². The highest BCUT2D eigenvalue weighted by Gasteiger charge is 2.39. The van der Waals surface area contributed by atoms with E-state index >= 15 is 4.39 Å². The first-order valence-corrected chi connectivity index (χ1v) is 13.9. The molecule has 1 aromatic carbocycles. The third-order valence-corrected chi connectivity index (χ3v) is 7.71. The number of hydrogen-bond acceptors (Lipinski definition) is 7. The van der Waals surface area contributed by atoms with Gasteiger partial charge in [0.1, 0.15) is 17.2 Å². The van der Waals surface area contributed by atoms with Crippen molar-refractivity contribution in [2.45, 2.75) is 70.3 Å². The smallest absolute Gasteiger partial charge is 0.366 e. The largest absolute Gasteiger partial charge is 0.421 e. The van der Waals surface area contributed by atoms with Gasteiger partial charge in [-0.3, -0.25) is 9.59 Å². The Hall–Kier alpha value is -3.48. The average molecular weight is 580 g/mol. The third-order valence-electron chi connectivity index (χ3n) is 7.71. The first-order chi connectivity index (χ1) is 19.3. The van der Waals surface area contributed by atoms with E-state index in [1.807, 2.05) is 20.9 Å². The van der Waals surface area contributed by atoms with Gasteiger partial charge in [-0.2, -0.15) is 18.2 Å². The molecule has 0 unspecified atom stereocenters. The second-order valence-corrected chi connectivity index (χ2v) is 11.2. The SMILES string of the molecule is CC(C)NC(=O)[C@H]1CCC[C@H]1Nc1nc(Nc2ccc(C(=O)N(C)C3CCN(C)CC3)c(F)c2)ncc1C(F)(F)F. The Kier molecular flexibility index (Phi) is 9.35. The lowest BCUT2D eigenvalue weighted by Crippen LogP contribution is -2.44. The molecule has 1 aromatic heterocycles. The van der Waals surface area contributed by atoms with E-state index in [0.29, 0.717) is 25.5 Å². The molecule has 0 spiro atoms. The summed E-state index contributed by atoms with van der Waals surface area (Å²) in [4.78, 5) is 37.2. The Bertz CT molecular complexity index is 1250. The molecule has 1 saturated heterocycles. The molecule has 1 aliphatic carbocycles. The zero-order chi connectivity index (χ0) is 29.9. The second-order valence-electron chi connectivity index (χ2n) is 11.2. The predicted molar refractivity (Wildman–Crippen MR) is 147 cm³/mol. The van der Waals surface area contributed by atoms with Gasteiger partial charge in [-0.15, -0.1) is 0 Å². The maximum absolute atomic E-state index is 15.0. The molecule has 2 heterocycles. The van der Waals surface area contributed by atoms with Crippen LogP contribution in [-0.2, 0) is 11.0 Å². The summed E-state index contributed by atoms with van der Waals surface area (Å²) >= 11 is 0. The van der Waals surface area contributed by atoms with Gasteiger partial charge in [-0.05, 0) is 77.9 Å². The minimum atomic E-state index is -4.73. The summed E-state index contributed by atoms with van der Waals surface area (Å²) in [7, 11) is 3.68. The molecular formula is C28H37F4N7O2. The molecule has 2 amide bonds. The third kappa shape index (κ3) is 7.43. The summed E-state index contributed by atoms with van der Waals surface area (Å²) < 4.78 is 56.4. The van der Waals surface area contributed by atoms with Crippen molar-refractivity contribution in [1.82, 2.24) is 25.1 Å². The Morgan fingerprint density at radius 2 is 1.83 bits per heavy atom. The van der Waals surface area contributed by atoms with Crippen molar-refractivity contribution in [2.75, 3.05) is 37.8 Å². The fourth-order valence-corrected chi connectivity index (χ4v) is 5.41. The number of alkyl halides is 3. The molecule has 41 heavy (non-hydrogen) atoms. The van der Waals surface area contributed by atoms with E-state index in [-0.39, 0.29) is 35.2 Å². The van der Waals surface area contributed by atoms with Crippen molar-refractivity contribution in [3.8, 4) is 0 Å². The highest BCUT2D eigenvalue weighted by atomic mass is 19.4. The highest BCUT2D eigenvalue weighted by molar-refractivity contribution is 5.95. The number of benzene rings is 1. The van der Waals surface area contributed by atoms with E-state index in [9.17, 15) is 22.8 Å². The van der Waals surface area contributed by atoms with Crippen molar-refractivity contribution in [2.24, 2.45) is 5.92 Å². The van der Waals surface area contributed by atoms with E-state index in [1.165, 1.54) is 12.1 Å². The van der Waals surface area contributed by atoms with Crippen LogP contribution in [0.5, 0.6) is 0 Å². The number of likely N-dealkylation sites (tertiary alicyclic amines) is 1. The Morgan fingerprint density at radius 1 is 1.12 bits per heavy atom. The maximum atomic E-state index is 15.0. The van der Waals surface area contributed by atoms with Crippen LogP contribution in [0.25, 0.3) is 0 Å². The number of carbonyl (C=O) groups is 2. The molecule has 9 nitrogen and oxygen atoms in total. The number of halogens is 4. The molecule has 2 atom stereocenters. The fourth-order valence-electron chi connectivity index (χ4n) is 5.41. The number of nitrogens with one attached hydrogen (secondary N) is 3. The molecule has 2 aliphatic rings. The maximum Gasteiger partial charge on any atom is 0.421 e. The molecule has 224 valence electrons. The van der Waals surface area contributed by atoms with Gasteiger partial charge in [0, 0.05) is 37.1 Å². The molecule has 2 fully saturated rings. The normalized spacial score (nSPS) is 20.2. The molecule has 4 rings (SSSR count). The van der Waals surface area contributed by atoms with Crippen LogP contribution in [0.15, 0.2) is 24.4 Å². The van der Waals surface area contributed by atoms with Gasteiger partial charge in [-0.1, -0.05) is 6.42 Å². The van der Waals surface area contributed by atoms with Crippen molar-refractivity contribution < 1.29 is 27.2 Å². The minimum Gasteiger partial charge on any atom is -0.366 e. The second kappa shape index (κ2) is 12.6. The van der Waals surface area contributed by atoms with Crippen molar-refractivity contribution in [1.29, 1.82) is 0 Å². The van der Waals surface area contributed by atoms with E-state index in [4.69, 9.17) is 0 Å². The van der Waals surface area contributed by atoms with Crippen LogP contribution in [-0.4, -0.2) is 76.9 Å². The quantitative estimate of drug-likeness (QED) is 0.392. The molecule has 1 saturated carbocycles. The molecule has 0 radical (unpaired) electrons. The summed E-state index contributed by atoms with van der Waals surface area (Å²) in [6, 6.07) is 3.26. The van der Waals surface area contributed by atoms with Crippen LogP contribution in [0.1, 0.15) is 61.9 Å². The van der Waals surface area contributed by atoms with Gasteiger partial charge in [0.15, 0.2) is 0 Å². The number of rotatable bonds is 8. The lowest BCUT2D eigenvalue weighted by Gasteiger charge is -2.35. The fraction of sp³-hybridized carbons (Fsp3) is 0.571. The van der Waals surface area contributed by atoms with E-state index in [0.717, 1.165) is 32.0 Å². The number of piperidine rings is 1. The van der Waals surface area contributed by atoms with Crippen LogP contribution in [0.4, 0.5) is 35.0 Å². The van der Waals surface area contributed by atoms with Crippen LogP contribution in [0, 0.1) is 11.7 Å². The van der Waals surface area contributed by atoms with Gasteiger partial charge in [0.2, 0.25) is 11.9 Å². The van der Waals surface area contributed by atoms with Crippen molar-refractivity contribution >= 4 is 29.3 Å². The van der Waals surface area contributed by atoms with Crippen molar-refractivity contribution in [3.63, 3.8) is 0 Å². The summed E-state index contributed by atoms with van der Waals surface area (Å²) in [5, 5.41) is 8.39. The number of carbonyl (C=O) groups excluding carboxylic acids is 2. The van der Waals surface area contributed by atoms with Crippen LogP contribution in [0.3, 0.4) is 0 Å². The van der Waals surface area contributed by atoms with E-state index < -0.39 is 41.2 Å². The number of hydrogen-bond donors (Lipinski definition) is 3. The zero-order valence-corrected chi connectivity index (χ0v) is 23.7. The van der Waals surface area contributed by atoms with Crippen LogP contribution >= 0.6 is 0 Å². The Morgan fingerprint density at radius 3 is 2.46 bits per heavy atom. The topological polar surface area (TPSA) is 102 Å². The summed E-state index contributed by atoms with van der Waals surface area (Å²) in [5.74, 6) is -2.58. The molecule has 3 N–H and O–H groups in total. The number of nitrogens with zero attached hydrogens (tertiary/aromatic N) is 4. The average Bonchev–Trinajstić information content (AvgIpc) is 3.36. The first-order valence-electron chi connectivity index (χ1n) is 13.9. The van der Waals surface area contributed by atoms with Crippen LogP contribution in [0.2, 0.25) is 0 Å².